The van der Waals surface area contributed by atoms with Crippen molar-refractivity contribution in [3.8, 4) is 23.3 Å². The van der Waals surface area contributed by atoms with Crippen LogP contribution in [-0.4, -0.2) is 42.9 Å². The summed E-state index contributed by atoms with van der Waals surface area (Å²) < 4.78 is 4.16. The largest absolute Gasteiger partial charge is 0.346 e. The molecule has 130 valence electrons. The number of aromatic amines is 1. The Kier molecular flexibility index (Phi) is 4.15. The van der Waals surface area contributed by atoms with Gasteiger partial charge in [0.1, 0.15) is 17.3 Å². The lowest BCUT2D eigenvalue weighted by atomic mass is 9.89. The van der Waals surface area contributed by atoms with Crippen molar-refractivity contribution in [1.82, 2.24) is 24.1 Å². The van der Waals surface area contributed by atoms with Crippen molar-refractivity contribution in [3.63, 3.8) is 0 Å². The first-order valence-electron chi connectivity index (χ1n) is 8.37. The maximum atomic E-state index is 9.50. The number of nitrogens with zero attached hydrogens (tertiary/aromatic N) is 6. The maximum Gasteiger partial charge on any atom is 0.137 e. The summed E-state index contributed by atoms with van der Waals surface area (Å²) in [6.07, 6.45) is 7.54. The number of aromatic nitrogens is 4. The molecule has 0 atom stereocenters. The lowest BCUT2D eigenvalue weighted by Crippen LogP contribution is -2.60. The molecule has 3 aromatic heterocycles. The van der Waals surface area contributed by atoms with Crippen LogP contribution >= 0.6 is 11.9 Å². The van der Waals surface area contributed by atoms with Gasteiger partial charge in [0, 0.05) is 53.9 Å². The summed E-state index contributed by atoms with van der Waals surface area (Å²) >= 11 is 1.78. The fraction of sp³-hybridized carbons (Fsp3) is 0.333. The van der Waals surface area contributed by atoms with Crippen LogP contribution in [0.2, 0.25) is 0 Å². The Bertz CT molecular complexity index is 1030. The average molecular weight is 363 g/mol. The zero-order chi connectivity index (χ0) is 18.1. The van der Waals surface area contributed by atoms with Crippen LogP contribution in [0.25, 0.3) is 22.2 Å². The van der Waals surface area contributed by atoms with E-state index < -0.39 is 0 Å². The maximum absolute atomic E-state index is 9.50. The highest BCUT2D eigenvalue weighted by Gasteiger charge is 2.45. The minimum atomic E-state index is -0.299. The average Bonchev–Trinajstić information content (AvgIpc) is 3.28. The summed E-state index contributed by atoms with van der Waals surface area (Å²) in [6, 6.07) is 6.45. The lowest BCUT2D eigenvalue weighted by molar-refractivity contribution is 0.0812. The standard InChI is InChI=1S/C18H17N7S/c1-2-26-24-11-18(12-24,4-5-19)25-10-14(9-23-25)16-13(7-20)8-22-17-15(16)3-6-21-17/h3,6,8-10H,2,4,11-12H2,1H3,(H,21,22). The fourth-order valence-corrected chi connectivity index (χ4v) is 4.51. The van der Waals surface area contributed by atoms with Crippen molar-refractivity contribution in [3.05, 3.63) is 36.4 Å². The molecule has 26 heavy (non-hydrogen) atoms. The summed E-state index contributed by atoms with van der Waals surface area (Å²) in [4.78, 5) is 7.36. The highest BCUT2D eigenvalue weighted by atomic mass is 32.2. The van der Waals surface area contributed by atoms with Gasteiger partial charge in [0.05, 0.1) is 24.3 Å². The van der Waals surface area contributed by atoms with E-state index in [0.717, 1.165) is 41.0 Å². The molecule has 0 aliphatic carbocycles. The van der Waals surface area contributed by atoms with Gasteiger partial charge in [-0.15, -0.1) is 0 Å². The van der Waals surface area contributed by atoms with Gasteiger partial charge < -0.3 is 4.98 Å². The second-order valence-electron chi connectivity index (χ2n) is 6.35. The van der Waals surface area contributed by atoms with Crippen LogP contribution in [0.5, 0.6) is 0 Å². The molecule has 0 aromatic carbocycles. The molecule has 0 amide bonds. The first kappa shape index (κ1) is 16.6. The van der Waals surface area contributed by atoms with Crippen LogP contribution < -0.4 is 0 Å². The molecule has 4 heterocycles. The minimum Gasteiger partial charge on any atom is -0.346 e. The van der Waals surface area contributed by atoms with Crippen LogP contribution in [0, 0.1) is 22.7 Å². The Labute approximate surface area is 155 Å². The van der Waals surface area contributed by atoms with Crippen molar-refractivity contribution in [2.24, 2.45) is 0 Å². The van der Waals surface area contributed by atoms with Crippen molar-refractivity contribution in [1.29, 1.82) is 10.5 Å². The second-order valence-corrected chi connectivity index (χ2v) is 7.70. The Hall–Kier alpha value is -2.81. The molecule has 1 N–H and O–H groups in total. The summed E-state index contributed by atoms with van der Waals surface area (Å²) in [7, 11) is 0. The monoisotopic (exact) mass is 363 g/mol. The van der Waals surface area contributed by atoms with E-state index in [9.17, 15) is 10.5 Å². The number of fused-ring (bicyclic) bond motifs is 1. The lowest BCUT2D eigenvalue weighted by Gasteiger charge is -2.48. The van der Waals surface area contributed by atoms with Gasteiger partial charge in [0.2, 0.25) is 0 Å². The second kappa shape index (κ2) is 6.49. The van der Waals surface area contributed by atoms with Crippen LogP contribution in [0.1, 0.15) is 18.9 Å². The number of nitrogens with one attached hydrogen (secondary N) is 1. The molecule has 0 spiro atoms. The Morgan fingerprint density at radius 2 is 2.19 bits per heavy atom. The number of hydrogen-bond donors (Lipinski definition) is 1. The molecule has 1 fully saturated rings. The molecule has 0 unspecified atom stereocenters. The summed E-state index contributed by atoms with van der Waals surface area (Å²) in [5.41, 5.74) is 2.66. The molecule has 3 aromatic rings. The van der Waals surface area contributed by atoms with Crippen molar-refractivity contribution >= 4 is 23.0 Å². The third-order valence-electron chi connectivity index (χ3n) is 4.73. The molecule has 8 heteroatoms. The third kappa shape index (κ3) is 2.55. The zero-order valence-electron chi connectivity index (χ0n) is 14.3. The van der Waals surface area contributed by atoms with E-state index >= 15 is 0 Å². The minimum absolute atomic E-state index is 0.299. The van der Waals surface area contributed by atoms with Gasteiger partial charge in [-0.05, 0) is 6.07 Å². The van der Waals surface area contributed by atoms with E-state index in [2.05, 4.69) is 38.4 Å². The topological polar surface area (TPSA) is 97.3 Å². The van der Waals surface area contributed by atoms with Crippen molar-refractivity contribution in [2.75, 3.05) is 18.8 Å². The summed E-state index contributed by atoms with van der Waals surface area (Å²) in [5.74, 6) is 1.01. The summed E-state index contributed by atoms with van der Waals surface area (Å²) in [5, 5.41) is 24.2. The molecule has 4 rings (SSSR count). The van der Waals surface area contributed by atoms with Crippen LogP contribution in [0.4, 0.5) is 0 Å². The molecule has 7 nitrogen and oxygen atoms in total. The molecule has 1 aliphatic heterocycles. The van der Waals surface area contributed by atoms with Gasteiger partial charge in [-0.1, -0.05) is 18.9 Å². The van der Waals surface area contributed by atoms with E-state index in [-0.39, 0.29) is 5.54 Å². The Morgan fingerprint density at radius 1 is 1.35 bits per heavy atom. The molecule has 1 saturated heterocycles. The summed E-state index contributed by atoms with van der Waals surface area (Å²) in [6.45, 7) is 3.71. The predicted molar refractivity (Wildman–Crippen MR) is 99.9 cm³/mol. The Morgan fingerprint density at radius 3 is 2.92 bits per heavy atom. The smallest absolute Gasteiger partial charge is 0.137 e. The van der Waals surface area contributed by atoms with Gasteiger partial charge in [-0.3, -0.25) is 4.68 Å². The first-order chi connectivity index (χ1) is 12.7. The van der Waals surface area contributed by atoms with Crippen molar-refractivity contribution < 1.29 is 0 Å². The third-order valence-corrected chi connectivity index (χ3v) is 5.61. The Balaban J connectivity index is 1.74. The van der Waals surface area contributed by atoms with Gasteiger partial charge in [-0.2, -0.15) is 15.6 Å². The van der Waals surface area contributed by atoms with E-state index in [4.69, 9.17) is 0 Å². The quantitative estimate of drug-likeness (QED) is 0.700. The molecule has 1 aliphatic rings. The highest BCUT2D eigenvalue weighted by Crippen LogP contribution is 2.38. The number of pyridine rings is 1. The number of nitriles is 2. The van der Waals surface area contributed by atoms with Crippen molar-refractivity contribution in [2.45, 2.75) is 18.9 Å². The zero-order valence-corrected chi connectivity index (χ0v) is 15.1. The molecular formula is C18H17N7S. The van der Waals surface area contributed by atoms with Gasteiger partial charge >= 0.3 is 0 Å². The molecule has 0 radical (unpaired) electrons. The molecular weight excluding hydrogens is 346 g/mol. The van der Waals surface area contributed by atoms with Gasteiger partial charge in [0.25, 0.3) is 0 Å². The van der Waals surface area contributed by atoms with E-state index in [0.29, 0.717) is 12.0 Å². The van der Waals surface area contributed by atoms with Gasteiger partial charge in [0.15, 0.2) is 0 Å². The predicted octanol–water partition coefficient (Wildman–Crippen LogP) is 2.89. The van der Waals surface area contributed by atoms with Gasteiger partial charge in [-0.25, -0.2) is 9.29 Å². The van der Waals surface area contributed by atoms with E-state index in [1.165, 1.54) is 0 Å². The number of rotatable bonds is 5. The fourth-order valence-electron chi connectivity index (χ4n) is 3.48. The normalized spacial score (nSPS) is 16.1. The first-order valence-corrected chi connectivity index (χ1v) is 9.31. The number of hydrogen-bond acceptors (Lipinski definition) is 6. The van der Waals surface area contributed by atoms with E-state index in [1.54, 1.807) is 24.3 Å². The van der Waals surface area contributed by atoms with E-state index in [1.807, 2.05) is 23.1 Å². The molecule has 0 bridgehead atoms. The highest BCUT2D eigenvalue weighted by molar-refractivity contribution is 7.97. The number of H-pyrrole nitrogens is 1. The van der Waals surface area contributed by atoms with Crippen LogP contribution in [0.15, 0.2) is 30.9 Å². The SMILES string of the molecule is CCSN1CC(CC#N)(n2cc(-c3c(C#N)cnc4[nH]ccc34)cn2)C1. The molecule has 0 saturated carbocycles. The van der Waals surface area contributed by atoms with Crippen LogP contribution in [0.3, 0.4) is 0 Å². The van der Waals surface area contributed by atoms with Crippen LogP contribution in [-0.2, 0) is 5.54 Å².